The lowest BCUT2D eigenvalue weighted by Gasteiger charge is -2.20. The molecule has 3 aromatic carbocycles. The van der Waals surface area contributed by atoms with Crippen molar-refractivity contribution in [2.45, 2.75) is 38.5 Å². The molecule has 1 aliphatic rings. The highest BCUT2D eigenvalue weighted by Gasteiger charge is 2.58. The highest BCUT2D eigenvalue weighted by atomic mass is 16.6. The van der Waals surface area contributed by atoms with E-state index in [9.17, 15) is 9.59 Å². The van der Waals surface area contributed by atoms with Gasteiger partial charge in [-0.15, -0.1) is 0 Å². The Morgan fingerprint density at radius 3 is 2.26 bits per heavy atom. The molecule has 1 heterocycles. The van der Waals surface area contributed by atoms with Crippen molar-refractivity contribution in [3.05, 3.63) is 72.3 Å². The summed E-state index contributed by atoms with van der Waals surface area (Å²) in [5.74, 6) is 0.447. The van der Waals surface area contributed by atoms with E-state index in [4.69, 9.17) is 9.47 Å². The van der Waals surface area contributed by atoms with Crippen molar-refractivity contribution in [3.8, 4) is 5.75 Å². The Kier molecular flexibility index (Phi) is 5.31. The first-order valence-electron chi connectivity index (χ1n) is 10.2. The molecule has 4 rings (SSSR count). The molecular formula is C25H26N2O4. The number of carbonyl (C=O) groups excluding carboxylic acids is 2. The van der Waals surface area contributed by atoms with Crippen molar-refractivity contribution in [3.63, 3.8) is 0 Å². The summed E-state index contributed by atoms with van der Waals surface area (Å²) in [4.78, 5) is 27.4. The summed E-state index contributed by atoms with van der Waals surface area (Å²) in [7, 11) is 1.59. The highest BCUT2D eigenvalue weighted by Crippen LogP contribution is 2.45. The number of anilines is 1. The SMILES string of the molecule is COc1ccc(NC(=O)[C@H]2[C@H](c3ccc4ccccc4c3)N2C(=O)OC(C)(C)C)cc1. The van der Waals surface area contributed by atoms with Crippen molar-refractivity contribution < 1.29 is 19.1 Å². The van der Waals surface area contributed by atoms with Crippen molar-refractivity contribution in [2.24, 2.45) is 0 Å². The van der Waals surface area contributed by atoms with Gasteiger partial charge in [0.25, 0.3) is 0 Å². The molecule has 1 aliphatic heterocycles. The average molecular weight is 418 g/mol. The summed E-state index contributed by atoms with van der Waals surface area (Å²) in [5.41, 5.74) is 0.892. The lowest BCUT2D eigenvalue weighted by Crippen LogP contribution is -2.30. The second-order valence-corrected chi connectivity index (χ2v) is 8.60. The quantitative estimate of drug-likeness (QED) is 0.595. The third-order valence-electron chi connectivity index (χ3n) is 5.15. The van der Waals surface area contributed by atoms with Crippen LogP contribution in [0.5, 0.6) is 5.75 Å². The van der Waals surface area contributed by atoms with Crippen molar-refractivity contribution >= 4 is 28.5 Å². The summed E-state index contributed by atoms with van der Waals surface area (Å²) in [5, 5.41) is 5.06. The van der Waals surface area contributed by atoms with Crippen LogP contribution >= 0.6 is 0 Å². The number of hydrogen-bond acceptors (Lipinski definition) is 4. The van der Waals surface area contributed by atoms with Gasteiger partial charge in [-0.05, 0) is 67.4 Å². The second kappa shape index (κ2) is 7.95. The monoisotopic (exact) mass is 418 g/mol. The average Bonchev–Trinajstić information content (AvgIpc) is 3.49. The molecule has 0 radical (unpaired) electrons. The zero-order valence-electron chi connectivity index (χ0n) is 18.1. The predicted octanol–water partition coefficient (Wildman–Crippen LogP) is 5.15. The van der Waals surface area contributed by atoms with Gasteiger partial charge in [-0.25, -0.2) is 4.79 Å². The molecule has 0 aromatic heterocycles. The molecule has 0 aliphatic carbocycles. The Morgan fingerprint density at radius 2 is 1.61 bits per heavy atom. The summed E-state index contributed by atoms with van der Waals surface area (Å²) >= 11 is 0. The number of methoxy groups -OCH3 is 1. The fourth-order valence-electron chi connectivity index (χ4n) is 3.67. The Balaban J connectivity index is 1.60. The van der Waals surface area contributed by atoms with Crippen LogP contribution in [0.3, 0.4) is 0 Å². The summed E-state index contributed by atoms with van der Waals surface area (Å²) in [6.45, 7) is 5.43. The van der Waals surface area contributed by atoms with Gasteiger partial charge >= 0.3 is 6.09 Å². The maximum absolute atomic E-state index is 13.1. The Bertz CT molecular complexity index is 1120. The Hall–Kier alpha value is -3.54. The zero-order valence-corrected chi connectivity index (χ0v) is 18.1. The van der Waals surface area contributed by atoms with Gasteiger partial charge < -0.3 is 14.8 Å². The van der Waals surface area contributed by atoms with E-state index in [0.29, 0.717) is 11.4 Å². The molecule has 2 atom stereocenters. The molecule has 31 heavy (non-hydrogen) atoms. The van der Waals surface area contributed by atoms with E-state index in [1.165, 1.54) is 4.90 Å². The van der Waals surface area contributed by atoms with Crippen LogP contribution in [0, 0.1) is 0 Å². The van der Waals surface area contributed by atoms with Crippen LogP contribution in [0.4, 0.5) is 10.5 Å². The van der Waals surface area contributed by atoms with E-state index in [-0.39, 0.29) is 11.9 Å². The third kappa shape index (κ3) is 4.48. The normalized spacial score (nSPS) is 17.9. The van der Waals surface area contributed by atoms with Crippen LogP contribution in [0.2, 0.25) is 0 Å². The van der Waals surface area contributed by atoms with E-state index in [1.54, 1.807) is 31.4 Å². The zero-order chi connectivity index (χ0) is 22.2. The maximum atomic E-state index is 13.1. The summed E-state index contributed by atoms with van der Waals surface area (Å²) < 4.78 is 10.7. The molecule has 2 amide bonds. The predicted molar refractivity (Wildman–Crippen MR) is 120 cm³/mol. The van der Waals surface area contributed by atoms with Crippen LogP contribution in [-0.4, -0.2) is 35.7 Å². The summed E-state index contributed by atoms with van der Waals surface area (Å²) in [6, 6.07) is 20.1. The summed E-state index contributed by atoms with van der Waals surface area (Å²) in [6.07, 6.45) is -0.500. The largest absolute Gasteiger partial charge is 0.497 e. The van der Waals surface area contributed by atoms with Gasteiger partial charge in [-0.1, -0.05) is 36.4 Å². The van der Waals surface area contributed by atoms with E-state index >= 15 is 0 Å². The molecule has 1 fully saturated rings. The van der Waals surface area contributed by atoms with Crippen molar-refractivity contribution in [1.29, 1.82) is 0 Å². The van der Waals surface area contributed by atoms with Gasteiger partial charge in [0.2, 0.25) is 5.91 Å². The number of fused-ring (bicyclic) bond motifs is 1. The molecule has 0 spiro atoms. The van der Waals surface area contributed by atoms with Gasteiger partial charge in [0.15, 0.2) is 0 Å². The Morgan fingerprint density at radius 1 is 0.935 bits per heavy atom. The number of hydrogen-bond donors (Lipinski definition) is 1. The van der Waals surface area contributed by atoms with Crippen LogP contribution in [0.15, 0.2) is 66.7 Å². The fraction of sp³-hybridized carbons (Fsp3) is 0.280. The van der Waals surface area contributed by atoms with Crippen LogP contribution < -0.4 is 10.1 Å². The number of carbonyl (C=O) groups is 2. The number of nitrogens with one attached hydrogen (secondary N) is 1. The smallest absolute Gasteiger partial charge is 0.411 e. The van der Waals surface area contributed by atoms with Gasteiger partial charge in [0.05, 0.1) is 13.2 Å². The standard InChI is InChI=1S/C25H26N2O4/c1-25(2,3)31-24(29)27-21(18-10-9-16-7-5-6-8-17(16)15-18)22(27)23(28)26-19-11-13-20(30-4)14-12-19/h5-15,21-22H,1-4H3,(H,26,28)/t21-,22+,27?/m0/s1. The van der Waals surface area contributed by atoms with E-state index in [2.05, 4.69) is 5.32 Å². The molecule has 0 saturated carbocycles. The first-order chi connectivity index (χ1) is 14.8. The highest BCUT2D eigenvalue weighted by molar-refractivity contribution is 6.01. The molecule has 160 valence electrons. The number of ether oxygens (including phenoxy) is 2. The van der Waals surface area contributed by atoms with Crippen LogP contribution in [-0.2, 0) is 9.53 Å². The number of amides is 2. The minimum atomic E-state index is -0.648. The second-order valence-electron chi connectivity index (χ2n) is 8.60. The molecule has 1 N–H and O–H groups in total. The first-order valence-corrected chi connectivity index (χ1v) is 10.2. The molecule has 0 unspecified atom stereocenters. The number of nitrogens with zero attached hydrogens (tertiary/aromatic N) is 1. The molecule has 6 nitrogen and oxygen atoms in total. The van der Waals surface area contributed by atoms with Gasteiger partial charge in [-0.3, -0.25) is 9.69 Å². The molecule has 1 saturated heterocycles. The third-order valence-corrected chi connectivity index (χ3v) is 5.15. The van der Waals surface area contributed by atoms with E-state index < -0.39 is 17.7 Å². The lowest BCUT2D eigenvalue weighted by molar-refractivity contribution is -0.116. The van der Waals surface area contributed by atoms with Crippen molar-refractivity contribution in [1.82, 2.24) is 4.90 Å². The fourth-order valence-corrected chi connectivity index (χ4v) is 3.67. The van der Waals surface area contributed by atoms with Gasteiger partial charge in [-0.2, -0.15) is 0 Å². The minimum Gasteiger partial charge on any atom is -0.497 e. The van der Waals surface area contributed by atoms with Crippen molar-refractivity contribution in [2.75, 3.05) is 12.4 Å². The first kappa shape index (κ1) is 20.7. The Labute approximate surface area is 181 Å². The van der Waals surface area contributed by atoms with Crippen LogP contribution in [0.1, 0.15) is 32.4 Å². The topological polar surface area (TPSA) is 67.6 Å². The van der Waals surface area contributed by atoms with Crippen LogP contribution in [0.25, 0.3) is 10.8 Å². The van der Waals surface area contributed by atoms with E-state index in [1.807, 2.05) is 63.2 Å². The number of rotatable bonds is 4. The molecule has 6 heteroatoms. The minimum absolute atomic E-state index is 0.255. The van der Waals surface area contributed by atoms with E-state index in [0.717, 1.165) is 16.3 Å². The molecule has 3 aromatic rings. The van der Waals surface area contributed by atoms with Gasteiger partial charge in [0.1, 0.15) is 17.4 Å². The maximum Gasteiger partial charge on any atom is 0.411 e. The van der Waals surface area contributed by atoms with Gasteiger partial charge in [0, 0.05) is 5.69 Å². The molecule has 0 bridgehead atoms. The number of benzene rings is 3. The molecular weight excluding hydrogens is 392 g/mol. The lowest BCUT2D eigenvalue weighted by atomic mass is 10.0.